The topological polar surface area (TPSA) is 67.2 Å². The number of hydrogen-bond acceptors (Lipinski definition) is 4. The highest BCUT2D eigenvalue weighted by Gasteiger charge is 2.25. The van der Waals surface area contributed by atoms with Crippen LogP contribution < -0.4 is 4.72 Å². The third-order valence-electron chi connectivity index (χ3n) is 4.43. The van der Waals surface area contributed by atoms with Crippen molar-refractivity contribution in [2.45, 2.75) is 32.5 Å². The molecule has 1 aromatic carbocycles. The summed E-state index contributed by atoms with van der Waals surface area (Å²) in [5.74, 6) is -0.152. The summed E-state index contributed by atoms with van der Waals surface area (Å²) < 4.78 is 41.2. The van der Waals surface area contributed by atoms with Crippen LogP contribution >= 0.6 is 0 Å². The molecule has 1 aromatic heterocycles. The molecule has 25 heavy (non-hydrogen) atoms. The van der Waals surface area contributed by atoms with Crippen LogP contribution in [0.2, 0.25) is 0 Å². The average molecular weight is 366 g/mol. The molecule has 0 saturated heterocycles. The Labute approximate surface area is 147 Å². The van der Waals surface area contributed by atoms with Gasteiger partial charge in [0.25, 0.3) is 0 Å². The van der Waals surface area contributed by atoms with Crippen LogP contribution in [0.5, 0.6) is 0 Å². The largest absolute Gasteiger partial charge is 0.291 e. The van der Waals surface area contributed by atoms with Gasteiger partial charge in [0.15, 0.2) is 0 Å². The molecule has 0 spiro atoms. The highest BCUT2D eigenvalue weighted by atomic mass is 32.2. The first kappa shape index (κ1) is 18.0. The highest BCUT2D eigenvalue weighted by molar-refractivity contribution is 7.89. The SMILES string of the molecule is CCS(=O)(=O)NCCC1CN(Cc2cccc(F)c2)Cc2ccnn21. The first-order valence-electron chi connectivity index (χ1n) is 8.43. The monoisotopic (exact) mass is 366 g/mol. The number of nitrogens with one attached hydrogen (secondary N) is 1. The molecule has 0 bridgehead atoms. The van der Waals surface area contributed by atoms with Crippen LogP contribution in [0.3, 0.4) is 0 Å². The summed E-state index contributed by atoms with van der Waals surface area (Å²) in [6.07, 6.45) is 2.43. The van der Waals surface area contributed by atoms with Gasteiger partial charge < -0.3 is 0 Å². The second-order valence-electron chi connectivity index (χ2n) is 6.31. The number of rotatable bonds is 7. The van der Waals surface area contributed by atoms with Crippen molar-refractivity contribution in [1.29, 1.82) is 0 Å². The molecular weight excluding hydrogens is 343 g/mol. The van der Waals surface area contributed by atoms with E-state index in [0.29, 0.717) is 19.5 Å². The van der Waals surface area contributed by atoms with Crippen molar-refractivity contribution in [3.05, 3.63) is 53.6 Å². The summed E-state index contributed by atoms with van der Waals surface area (Å²) in [6, 6.07) is 8.69. The van der Waals surface area contributed by atoms with Crippen molar-refractivity contribution in [3.8, 4) is 0 Å². The Balaban J connectivity index is 1.67. The Morgan fingerprint density at radius 2 is 2.20 bits per heavy atom. The van der Waals surface area contributed by atoms with Crippen LogP contribution in [0.1, 0.15) is 30.6 Å². The molecule has 1 aliphatic heterocycles. The smallest absolute Gasteiger partial charge is 0.211 e. The van der Waals surface area contributed by atoms with E-state index < -0.39 is 10.0 Å². The minimum Gasteiger partial charge on any atom is -0.291 e. The first-order valence-corrected chi connectivity index (χ1v) is 10.1. The molecule has 6 nitrogen and oxygen atoms in total. The van der Waals surface area contributed by atoms with Crippen LogP contribution in [0.25, 0.3) is 0 Å². The lowest BCUT2D eigenvalue weighted by Gasteiger charge is -2.34. The molecule has 2 heterocycles. The molecule has 0 fully saturated rings. The summed E-state index contributed by atoms with van der Waals surface area (Å²) in [5.41, 5.74) is 2.02. The highest BCUT2D eigenvalue weighted by Crippen LogP contribution is 2.24. The van der Waals surface area contributed by atoms with E-state index in [4.69, 9.17) is 0 Å². The van der Waals surface area contributed by atoms with Crippen LogP contribution in [-0.2, 0) is 23.1 Å². The van der Waals surface area contributed by atoms with E-state index in [2.05, 4.69) is 14.7 Å². The van der Waals surface area contributed by atoms with Gasteiger partial charge in [-0.25, -0.2) is 17.5 Å². The molecule has 136 valence electrons. The minimum absolute atomic E-state index is 0.0797. The number of aromatic nitrogens is 2. The molecule has 1 N–H and O–H groups in total. The number of benzene rings is 1. The van der Waals surface area contributed by atoms with Crippen molar-refractivity contribution in [2.75, 3.05) is 18.8 Å². The molecule has 0 radical (unpaired) electrons. The van der Waals surface area contributed by atoms with Gasteiger partial charge >= 0.3 is 0 Å². The molecule has 3 rings (SSSR count). The van der Waals surface area contributed by atoms with E-state index in [0.717, 1.165) is 24.3 Å². The van der Waals surface area contributed by atoms with Gasteiger partial charge in [-0.15, -0.1) is 0 Å². The van der Waals surface area contributed by atoms with Crippen LogP contribution in [0.4, 0.5) is 4.39 Å². The van der Waals surface area contributed by atoms with Crippen molar-refractivity contribution >= 4 is 10.0 Å². The first-order chi connectivity index (χ1) is 12.0. The molecule has 1 atom stereocenters. The van der Waals surface area contributed by atoms with E-state index >= 15 is 0 Å². The lowest BCUT2D eigenvalue weighted by Crippen LogP contribution is -2.39. The molecular formula is C17H23FN4O2S. The van der Waals surface area contributed by atoms with Crippen molar-refractivity contribution in [2.24, 2.45) is 0 Å². The van der Waals surface area contributed by atoms with Crippen molar-refractivity contribution in [1.82, 2.24) is 19.4 Å². The van der Waals surface area contributed by atoms with Gasteiger partial charge in [-0.05, 0) is 37.1 Å². The molecule has 1 aliphatic rings. The fourth-order valence-corrected chi connectivity index (χ4v) is 3.81. The molecule has 0 amide bonds. The van der Waals surface area contributed by atoms with E-state index in [1.165, 1.54) is 6.07 Å². The molecule has 0 aliphatic carbocycles. The number of sulfonamides is 1. The lowest BCUT2D eigenvalue weighted by atomic mass is 10.1. The summed E-state index contributed by atoms with van der Waals surface area (Å²) in [7, 11) is -3.19. The third-order valence-corrected chi connectivity index (χ3v) is 5.83. The van der Waals surface area contributed by atoms with Gasteiger partial charge in [0.1, 0.15) is 5.82 Å². The Hall–Kier alpha value is -1.77. The maximum absolute atomic E-state index is 13.4. The minimum atomic E-state index is -3.19. The number of hydrogen-bond donors (Lipinski definition) is 1. The van der Waals surface area contributed by atoms with E-state index in [-0.39, 0.29) is 17.6 Å². The van der Waals surface area contributed by atoms with Gasteiger partial charge in [-0.1, -0.05) is 12.1 Å². The zero-order chi connectivity index (χ0) is 17.9. The van der Waals surface area contributed by atoms with Crippen LogP contribution in [0, 0.1) is 5.82 Å². The standard InChI is InChI=1S/C17H23FN4O2S/c1-2-25(23,24)20-9-7-17-13-21(12-16-6-8-19-22(16)17)11-14-4-3-5-15(18)10-14/h3-6,8,10,17,20H,2,7,9,11-13H2,1H3. The van der Waals surface area contributed by atoms with E-state index in [9.17, 15) is 12.8 Å². The number of nitrogens with zero attached hydrogens (tertiary/aromatic N) is 3. The zero-order valence-electron chi connectivity index (χ0n) is 14.2. The van der Waals surface area contributed by atoms with Gasteiger partial charge in [0.2, 0.25) is 10.0 Å². The molecule has 0 saturated carbocycles. The quantitative estimate of drug-likeness (QED) is 0.813. The second kappa shape index (κ2) is 7.63. The van der Waals surface area contributed by atoms with Crippen molar-refractivity contribution < 1.29 is 12.8 Å². The number of fused-ring (bicyclic) bond motifs is 1. The third kappa shape index (κ3) is 4.65. The van der Waals surface area contributed by atoms with Gasteiger partial charge in [0.05, 0.1) is 17.5 Å². The Kier molecular flexibility index (Phi) is 5.51. The van der Waals surface area contributed by atoms with Crippen LogP contribution in [-0.4, -0.2) is 41.9 Å². The average Bonchev–Trinajstić information content (AvgIpc) is 3.03. The van der Waals surface area contributed by atoms with Gasteiger partial charge in [-0.2, -0.15) is 5.10 Å². The predicted octanol–water partition coefficient (Wildman–Crippen LogP) is 1.91. The normalized spacial score (nSPS) is 18.2. The summed E-state index contributed by atoms with van der Waals surface area (Å²) >= 11 is 0. The maximum Gasteiger partial charge on any atom is 0.211 e. The van der Waals surface area contributed by atoms with Gasteiger partial charge in [-0.3, -0.25) is 9.58 Å². The fourth-order valence-electron chi connectivity index (χ4n) is 3.18. The molecule has 8 heteroatoms. The Morgan fingerprint density at radius 1 is 1.36 bits per heavy atom. The van der Waals surface area contributed by atoms with Crippen molar-refractivity contribution in [3.63, 3.8) is 0 Å². The summed E-state index contributed by atoms with van der Waals surface area (Å²) in [5, 5.41) is 4.38. The second-order valence-corrected chi connectivity index (χ2v) is 8.40. The maximum atomic E-state index is 13.4. The van der Waals surface area contributed by atoms with Gasteiger partial charge in [0, 0.05) is 32.4 Å². The Bertz CT molecular complexity index is 822. The summed E-state index contributed by atoms with van der Waals surface area (Å²) in [4.78, 5) is 2.24. The lowest BCUT2D eigenvalue weighted by molar-refractivity contribution is 0.162. The van der Waals surface area contributed by atoms with E-state index in [1.807, 2.05) is 16.8 Å². The number of halogens is 1. The zero-order valence-corrected chi connectivity index (χ0v) is 15.0. The van der Waals surface area contributed by atoms with Crippen LogP contribution in [0.15, 0.2) is 36.5 Å². The summed E-state index contributed by atoms with van der Waals surface area (Å²) in [6.45, 7) is 4.15. The Morgan fingerprint density at radius 3 is 2.96 bits per heavy atom. The van der Waals surface area contributed by atoms with E-state index in [1.54, 1.807) is 25.3 Å². The fraction of sp³-hybridized carbons (Fsp3) is 0.471. The molecule has 1 unspecified atom stereocenters. The predicted molar refractivity (Wildman–Crippen MR) is 93.9 cm³/mol. The molecule has 2 aromatic rings.